The van der Waals surface area contributed by atoms with Crippen molar-refractivity contribution in [2.24, 2.45) is 5.92 Å². The van der Waals surface area contributed by atoms with Gasteiger partial charge in [0.1, 0.15) is 0 Å². The van der Waals surface area contributed by atoms with Crippen molar-refractivity contribution in [1.29, 1.82) is 0 Å². The third kappa shape index (κ3) is 5.74. The summed E-state index contributed by atoms with van der Waals surface area (Å²) in [6.07, 6.45) is 7.33. The van der Waals surface area contributed by atoms with Gasteiger partial charge in [-0.05, 0) is 44.7 Å². The fourth-order valence-electron chi connectivity index (χ4n) is 2.32. The first-order valence-electron chi connectivity index (χ1n) is 6.26. The minimum atomic E-state index is 0.355. The number of halogens is 1. The zero-order chi connectivity index (χ0) is 10.9. The number of hydrogen-bond acceptors (Lipinski definition) is 2. The van der Waals surface area contributed by atoms with E-state index < -0.39 is 0 Å². The van der Waals surface area contributed by atoms with Crippen LogP contribution in [0.5, 0.6) is 0 Å². The second kappa shape index (κ2) is 8.37. The Labute approximate surface area is 98.6 Å². The topological polar surface area (TPSA) is 23.5 Å². The summed E-state index contributed by atoms with van der Waals surface area (Å²) in [6, 6.07) is 0. The van der Waals surface area contributed by atoms with Gasteiger partial charge in [0.15, 0.2) is 0 Å². The first-order valence-corrected chi connectivity index (χ1v) is 6.79. The number of aliphatic hydroxyl groups is 1. The Morgan fingerprint density at radius 3 is 2.73 bits per heavy atom. The van der Waals surface area contributed by atoms with Crippen LogP contribution in [0.4, 0.5) is 0 Å². The van der Waals surface area contributed by atoms with Crippen LogP contribution in [0.15, 0.2) is 0 Å². The fraction of sp³-hybridized carbons (Fsp3) is 1.00. The van der Waals surface area contributed by atoms with E-state index in [0.29, 0.717) is 6.61 Å². The van der Waals surface area contributed by atoms with Gasteiger partial charge in [0.05, 0.1) is 0 Å². The van der Waals surface area contributed by atoms with Crippen molar-refractivity contribution in [1.82, 2.24) is 4.90 Å². The third-order valence-corrected chi connectivity index (χ3v) is 3.53. The Morgan fingerprint density at radius 2 is 2.00 bits per heavy atom. The van der Waals surface area contributed by atoms with Crippen LogP contribution in [0, 0.1) is 5.92 Å². The Kier molecular flexibility index (Phi) is 7.41. The van der Waals surface area contributed by atoms with Crippen LogP contribution in [0.1, 0.15) is 38.5 Å². The van der Waals surface area contributed by atoms with E-state index in [9.17, 15) is 0 Å². The van der Waals surface area contributed by atoms with Crippen LogP contribution in [-0.2, 0) is 0 Å². The molecule has 0 aromatic heterocycles. The van der Waals surface area contributed by atoms with Crippen molar-refractivity contribution in [3.05, 3.63) is 0 Å². The van der Waals surface area contributed by atoms with Crippen LogP contribution in [0.3, 0.4) is 0 Å². The standard InChI is InChI=1S/C12H24ClNO/c13-7-3-1-2-4-8-14-9-5-12(11-14)6-10-15/h12,15H,1-11H2. The van der Waals surface area contributed by atoms with Gasteiger partial charge in [0.25, 0.3) is 0 Å². The first kappa shape index (κ1) is 13.3. The highest BCUT2D eigenvalue weighted by molar-refractivity contribution is 6.17. The second-order valence-corrected chi connectivity index (χ2v) is 4.95. The molecule has 90 valence electrons. The van der Waals surface area contributed by atoms with Crippen molar-refractivity contribution in [3.63, 3.8) is 0 Å². The van der Waals surface area contributed by atoms with E-state index in [4.69, 9.17) is 16.7 Å². The molecule has 1 atom stereocenters. The van der Waals surface area contributed by atoms with Crippen molar-refractivity contribution >= 4 is 11.6 Å². The molecule has 1 aliphatic rings. The monoisotopic (exact) mass is 233 g/mol. The highest BCUT2D eigenvalue weighted by Crippen LogP contribution is 2.19. The minimum absolute atomic E-state index is 0.355. The quantitative estimate of drug-likeness (QED) is 0.515. The van der Waals surface area contributed by atoms with E-state index in [-0.39, 0.29) is 0 Å². The van der Waals surface area contributed by atoms with Crippen LogP contribution in [0.2, 0.25) is 0 Å². The molecule has 0 spiro atoms. The van der Waals surface area contributed by atoms with Gasteiger partial charge < -0.3 is 10.0 Å². The van der Waals surface area contributed by atoms with Crippen LogP contribution in [0.25, 0.3) is 0 Å². The molecule has 3 heteroatoms. The Balaban J connectivity index is 1.94. The maximum absolute atomic E-state index is 8.86. The summed E-state index contributed by atoms with van der Waals surface area (Å²) < 4.78 is 0. The van der Waals surface area contributed by atoms with E-state index in [1.807, 2.05) is 0 Å². The van der Waals surface area contributed by atoms with E-state index in [1.165, 1.54) is 45.3 Å². The summed E-state index contributed by atoms with van der Waals surface area (Å²) in [5, 5.41) is 8.86. The molecule has 1 rings (SSSR count). The molecule has 0 saturated carbocycles. The molecule has 0 bridgehead atoms. The average Bonchev–Trinajstić information content (AvgIpc) is 2.66. The van der Waals surface area contributed by atoms with Gasteiger partial charge >= 0.3 is 0 Å². The molecule has 2 nitrogen and oxygen atoms in total. The minimum Gasteiger partial charge on any atom is -0.396 e. The Hall–Kier alpha value is 0.210. The van der Waals surface area contributed by atoms with Crippen molar-refractivity contribution in [2.75, 3.05) is 32.1 Å². The molecule has 1 N–H and O–H groups in total. The van der Waals surface area contributed by atoms with Gasteiger partial charge in [0.2, 0.25) is 0 Å². The average molecular weight is 234 g/mol. The number of rotatable bonds is 8. The maximum Gasteiger partial charge on any atom is 0.0434 e. The second-order valence-electron chi connectivity index (χ2n) is 4.57. The van der Waals surface area contributed by atoms with E-state index >= 15 is 0 Å². The van der Waals surface area contributed by atoms with Crippen LogP contribution in [-0.4, -0.2) is 42.1 Å². The first-order chi connectivity index (χ1) is 7.36. The molecule has 0 aromatic rings. The summed E-state index contributed by atoms with van der Waals surface area (Å²) in [7, 11) is 0. The van der Waals surface area contributed by atoms with E-state index in [1.54, 1.807) is 0 Å². The smallest absolute Gasteiger partial charge is 0.0434 e. The summed E-state index contributed by atoms with van der Waals surface area (Å²) >= 11 is 5.63. The molecular formula is C12H24ClNO. The van der Waals surface area contributed by atoms with Crippen molar-refractivity contribution in [3.8, 4) is 0 Å². The number of alkyl halides is 1. The zero-order valence-electron chi connectivity index (χ0n) is 9.63. The number of unbranched alkanes of at least 4 members (excludes halogenated alkanes) is 3. The summed E-state index contributed by atoms with van der Waals surface area (Å²) in [5.74, 6) is 1.56. The molecule has 0 radical (unpaired) electrons. The molecule has 1 fully saturated rings. The molecule has 1 aliphatic heterocycles. The fourth-order valence-corrected chi connectivity index (χ4v) is 2.51. The maximum atomic E-state index is 8.86. The molecule has 0 aromatic carbocycles. The molecule has 1 saturated heterocycles. The molecule has 15 heavy (non-hydrogen) atoms. The molecule has 1 heterocycles. The number of nitrogens with zero attached hydrogens (tertiary/aromatic N) is 1. The van der Waals surface area contributed by atoms with Gasteiger partial charge in [-0.25, -0.2) is 0 Å². The normalized spacial score (nSPS) is 22.4. The Bertz CT molecular complexity index is 155. The third-order valence-electron chi connectivity index (χ3n) is 3.27. The Morgan fingerprint density at radius 1 is 1.20 bits per heavy atom. The highest BCUT2D eigenvalue weighted by Gasteiger charge is 2.20. The number of aliphatic hydroxyl groups excluding tert-OH is 1. The van der Waals surface area contributed by atoms with Gasteiger partial charge in [-0.1, -0.05) is 12.8 Å². The van der Waals surface area contributed by atoms with Gasteiger partial charge in [0, 0.05) is 19.0 Å². The lowest BCUT2D eigenvalue weighted by atomic mass is 10.1. The predicted octanol–water partition coefficient (Wildman–Crippen LogP) is 2.49. The zero-order valence-corrected chi connectivity index (χ0v) is 10.4. The van der Waals surface area contributed by atoms with Crippen molar-refractivity contribution in [2.45, 2.75) is 38.5 Å². The SMILES string of the molecule is OCCC1CCN(CCCCCCCl)C1. The summed E-state index contributed by atoms with van der Waals surface area (Å²) in [5.41, 5.74) is 0. The number of hydrogen-bond donors (Lipinski definition) is 1. The molecular weight excluding hydrogens is 210 g/mol. The lowest BCUT2D eigenvalue weighted by Gasteiger charge is -2.15. The van der Waals surface area contributed by atoms with Crippen LogP contribution < -0.4 is 0 Å². The number of likely N-dealkylation sites (tertiary alicyclic amines) is 1. The molecule has 0 aliphatic carbocycles. The van der Waals surface area contributed by atoms with Gasteiger partial charge in [-0.2, -0.15) is 0 Å². The van der Waals surface area contributed by atoms with Crippen LogP contribution >= 0.6 is 11.6 Å². The lowest BCUT2D eigenvalue weighted by Crippen LogP contribution is -2.22. The lowest BCUT2D eigenvalue weighted by molar-refractivity contribution is 0.250. The van der Waals surface area contributed by atoms with Crippen molar-refractivity contribution < 1.29 is 5.11 Å². The molecule has 1 unspecified atom stereocenters. The van der Waals surface area contributed by atoms with Gasteiger partial charge in [-0.15, -0.1) is 11.6 Å². The predicted molar refractivity (Wildman–Crippen MR) is 65.4 cm³/mol. The van der Waals surface area contributed by atoms with Gasteiger partial charge in [-0.3, -0.25) is 0 Å². The highest BCUT2D eigenvalue weighted by atomic mass is 35.5. The summed E-state index contributed by atoms with van der Waals surface area (Å²) in [6.45, 7) is 4.04. The summed E-state index contributed by atoms with van der Waals surface area (Å²) in [4.78, 5) is 2.54. The van der Waals surface area contributed by atoms with E-state index in [2.05, 4.69) is 4.90 Å². The molecule has 0 amide bonds. The largest absolute Gasteiger partial charge is 0.396 e. The van der Waals surface area contributed by atoms with E-state index in [0.717, 1.165) is 24.6 Å².